The number of hydrogen-bond donors (Lipinski definition) is 0. The van der Waals surface area contributed by atoms with Crippen molar-refractivity contribution in [3.63, 3.8) is 0 Å². The molecule has 0 fully saturated rings. The second-order valence-corrected chi connectivity index (χ2v) is 3.59. The van der Waals surface area contributed by atoms with Crippen LogP contribution in [0.25, 0.3) is 0 Å². The van der Waals surface area contributed by atoms with Gasteiger partial charge in [0.2, 0.25) is 0 Å². The summed E-state index contributed by atoms with van der Waals surface area (Å²) in [5, 5.41) is 0. The van der Waals surface area contributed by atoms with Crippen LogP contribution in [0.3, 0.4) is 0 Å². The smallest absolute Gasteiger partial charge is 0.0320 e. The molecule has 0 unspecified atom stereocenters. The van der Waals surface area contributed by atoms with Crippen LogP contribution in [0.4, 0.5) is 0 Å². The van der Waals surface area contributed by atoms with Gasteiger partial charge in [0.15, 0.2) is 0 Å². The highest BCUT2D eigenvalue weighted by Gasteiger charge is 1.98. The monoisotopic (exact) mass is 168 g/mol. The minimum absolute atomic E-state index is 1.25. The molecule has 0 rings (SSSR count). The van der Waals surface area contributed by atoms with E-state index < -0.39 is 0 Å². The van der Waals surface area contributed by atoms with Crippen molar-refractivity contribution < 1.29 is 0 Å². The molecule has 0 aromatic heterocycles. The Morgan fingerprint density at radius 3 is 2.00 bits per heavy atom. The quantitative estimate of drug-likeness (QED) is 0.504. The molecule has 0 heterocycles. The van der Waals surface area contributed by atoms with Crippen molar-refractivity contribution in [3.8, 4) is 0 Å². The Balaban J connectivity index is 3.97. The third-order valence-corrected chi connectivity index (χ3v) is 2.49. The van der Waals surface area contributed by atoms with Gasteiger partial charge in [-0.3, -0.25) is 0 Å². The van der Waals surface area contributed by atoms with E-state index in [1.807, 2.05) is 0 Å². The molecule has 0 heteroatoms. The van der Waals surface area contributed by atoms with Gasteiger partial charge >= 0.3 is 0 Å². The molecule has 0 amide bonds. The maximum atomic E-state index is 2.31. The van der Waals surface area contributed by atoms with Crippen molar-refractivity contribution in [3.05, 3.63) is 11.1 Å². The topological polar surface area (TPSA) is 0 Å². The summed E-state index contributed by atoms with van der Waals surface area (Å²) in [6.07, 6.45) is 7.86. The molecule has 0 radical (unpaired) electrons. The molecule has 72 valence electrons. The first-order chi connectivity index (χ1) is 5.76. The van der Waals surface area contributed by atoms with Crippen LogP contribution in [0, 0.1) is 0 Å². The van der Waals surface area contributed by atoms with Gasteiger partial charge in [-0.15, -0.1) is 0 Å². The molecule has 0 saturated carbocycles. The van der Waals surface area contributed by atoms with Crippen LogP contribution in [0.1, 0.15) is 66.2 Å². The molecular weight excluding hydrogens is 144 g/mol. The third kappa shape index (κ3) is 4.58. The van der Waals surface area contributed by atoms with Crippen molar-refractivity contribution in [2.24, 2.45) is 0 Å². The van der Waals surface area contributed by atoms with E-state index in [1.165, 1.54) is 38.5 Å². The molecule has 12 heavy (non-hydrogen) atoms. The average molecular weight is 168 g/mol. The molecule has 0 aromatic carbocycles. The standard InChI is InChI=1S/C12H24/c1-5-8-10-11(4)12(7-3)9-6-2/h5-10H2,1-4H3. The predicted octanol–water partition coefficient (Wildman–Crippen LogP) is 4.70. The largest absolute Gasteiger partial charge is 0.0741 e. The number of hydrogen-bond acceptors (Lipinski definition) is 0. The van der Waals surface area contributed by atoms with E-state index in [2.05, 4.69) is 27.7 Å². The van der Waals surface area contributed by atoms with Crippen molar-refractivity contribution in [1.82, 2.24) is 0 Å². The zero-order chi connectivity index (χ0) is 9.40. The molecule has 0 aliphatic heterocycles. The summed E-state index contributed by atoms with van der Waals surface area (Å²) in [5.41, 5.74) is 3.35. The molecule has 0 saturated heterocycles. The van der Waals surface area contributed by atoms with E-state index >= 15 is 0 Å². The van der Waals surface area contributed by atoms with Crippen LogP contribution < -0.4 is 0 Å². The second kappa shape index (κ2) is 7.39. The minimum atomic E-state index is 1.25. The summed E-state index contributed by atoms with van der Waals surface area (Å²) in [7, 11) is 0. The summed E-state index contributed by atoms with van der Waals surface area (Å²) < 4.78 is 0. The lowest BCUT2D eigenvalue weighted by Crippen LogP contribution is -1.88. The lowest BCUT2D eigenvalue weighted by atomic mass is 9.98. The number of allylic oxidation sites excluding steroid dienone is 2. The van der Waals surface area contributed by atoms with Crippen LogP contribution in [-0.2, 0) is 0 Å². The van der Waals surface area contributed by atoms with E-state index in [0.29, 0.717) is 0 Å². The van der Waals surface area contributed by atoms with Crippen LogP contribution in [0.5, 0.6) is 0 Å². The highest BCUT2D eigenvalue weighted by molar-refractivity contribution is 5.11. The highest BCUT2D eigenvalue weighted by atomic mass is 14.0. The Labute approximate surface area is 78.1 Å². The zero-order valence-electron chi connectivity index (χ0n) is 9.24. The molecule has 0 nitrogen and oxygen atoms in total. The van der Waals surface area contributed by atoms with Crippen molar-refractivity contribution in [2.75, 3.05) is 0 Å². The fraction of sp³-hybridized carbons (Fsp3) is 0.833. The fourth-order valence-electron chi connectivity index (χ4n) is 1.61. The van der Waals surface area contributed by atoms with Crippen LogP contribution in [-0.4, -0.2) is 0 Å². The first-order valence-electron chi connectivity index (χ1n) is 5.43. The van der Waals surface area contributed by atoms with Gasteiger partial charge in [-0.2, -0.15) is 0 Å². The Kier molecular flexibility index (Phi) is 7.23. The Bertz CT molecular complexity index is 131. The highest BCUT2D eigenvalue weighted by Crippen LogP contribution is 2.18. The van der Waals surface area contributed by atoms with Gasteiger partial charge in [0.05, 0.1) is 0 Å². The van der Waals surface area contributed by atoms with Gasteiger partial charge in [-0.25, -0.2) is 0 Å². The van der Waals surface area contributed by atoms with Gasteiger partial charge in [0.1, 0.15) is 0 Å². The van der Waals surface area contributed by atoms with Crippen molar-refractivity contribution in [2.45, 2.75) is 66.2 Å². The van der Waals surface area contributed by atoms with Crippen LogP contribution >= 0.6 is 0 Å². The molecule has 0 atom stereocenters. The number of unbranched alkanes of at least 4 members (excludes halogenated alkanes) is 1. The zero-order valence-corrected chi connectivity index (χ0v) is 9.24. The molecule has 0 N–H and O–H groups in total. The number of rotatable bonds is 6. The summed E-state index contributed by atoms with van der Waals surface area (Å²) in [6.45, 7) is 9.12. The van der Waals surface area contributed by atoms with Gasteiger partial charge in [0, 0.05) is 0 Å². The lowest BCUT2D eigenvalue weighted by Gasteiger charge is -2.08. The van der Waals surface area contributed by atoms with Gasteiger partial charge in [0.25, 0.3) is 0 Å². The third-order valence-electron chi connectivity index (χ3n) is 2.49. The molecule has 0 bridgehead atoms. The van der Waals surface area contributed by atoms with E-state index in [-0.39, 0.29) is 0 Å². The van der Waals surface area contributed by atoms with Crippen molar-refractivity contribution >= 4 is 0 Å². The van der Waals surface area contributed by atoms with E-state index in [0.717, 1.165) is 0 Å². The predicted molar refractivity (Wildman–Crippen MR) is 57.4 cm³/mol. The summed E-state index contributed by atoms with van der Waals surface area (Å²) in [4.78, 5) is 0. The molecular formula is C12H24. The van der Waals surface area contributed by atoms with Gasteiger partial charge < -0.3 is 0 Å². The van der Waals surface area contributed by atoms with Crippen LogP contribution in [0.15, 0.2) is 11.1 Å². The Morgan fingerprint density at radius 1 is 0.917 bits per heavy atom. The molecule has 0 aromatic rings. The minimum Gasteiger partial charge on any atom is -0.0741 e. The van der Waals surface area contributed by atoms with Gasteiger partial charge in [-0.1, -0.05) is 44.8 Å². The summed E-state index contributed by atoms with van der Waals surface area (Å²) in [6, 6.07) is 0. The fourth-order valence-corrected chi connectivity index (χ4v) is 1.61. The van der Waals surface area contributed by atoms with E-state index in [1.54, 1.807) is 11.1 Å². The normalized spacial score (nSPS) is 13.0. The van der Waals surface area contributed by atoms with E-state index in [9.17, 15) is 0 Å². The SMILES string of the molecule is CCCCC(C)=C(CC)CCC. The Morgan fingerprint density at radius 2 is 1.58 bits per heavy atom. The van der Waals surface area contributed by atoms with Gasteiger partial charge in [-0.05, 0) is 32.6 Å². The first-order valence-corrected chi connectivity index (χ1v) is 5.43. The lowest BCUT2D eigenvalue weighted by molar-refractivity contribution is 0.754. The maximum Gasteiger partial charge on any atom is -0.0320 e. The Hall–Kier alpha value is -0.260. The van der Waals surface area contributed by atoms with E-state index in [4.69, 9.17) is 0 Å². The molecule has 0 aliphatic carbocycles. The first kappa shape index (κ1) is 11.7. The summed E-state index contributed by atoms with van der Waals surface area (Å²) in [5.74, 6) is 0. The molecule has 0 spiro atoms. The van der Waals surface area contributed by atoms with Crippen LogP contribution in [0.2, 0.25) is 0 Å². The summed E-state index contributed by atoms with van der Waals surface area (Å²) >= 11 is 0. The van der Waals surface area contributed by atoms with Crippen molar-refractivity contribution in [1.29, 1.82) is 0 Å². The second-order valence-electron chi connectivity index (χ2n) is 3.59. The molecule has 0 aliphatic rings. The maximum absolute atomic E-state index is 2.31. The average Bonchev–Trinajstić information content (AvgIpc) is 2.10.